The minimum Gasteiger partial charge on any atom is -0.497 e. The first-order chi connectivity index (χ1) is 18.5. The van der Waals surface area contributed by atoms with E-state index in [4.69, 9.17) is 27.9 Å². The predicted molar refractivity (Wildman–Crippen MR) is 154 cm³/mol. The number of hydrogen-bond donors (Lipinski definition) is 1. The van der Waals surface area contributed by atoms with Crippen LogP contribution in [0.4, 0.5) is 5.69 Å². The van der Waals surface area contributed by atoms with Crippen LogP contribution in [0.15, 0.2) is 71.6 Å². The van der Waals surface area contributed by atoms with E-state index < -0.39 is 28.5 Å². The number of halogens is 2. The van der Waals surface area contributed by atoms with Crippen LogP contribution in [-0.4, -0.2) is 51.4 Å². The molecule has 208 valence electrons. The molecule has 0 aliphatic rings. The lowest BCUT2D eigenvalue weighted by atomic mass is 10.1. The van der Waals surface area contributed by atoms with E-state index in [9.17, 15) is 18.0 Å². The van der Waals surface area contributed by atoms with Crippen molar-refractivity contribution in [1.29, 1.82) is 0 Å². The SMILES string of the molecule is CCNC(=O)[C@@H](C)N(Cc1cccc(OC)c1)C(=O)CN(c1ccc(Cl)c(Cl)c1)S(=O)(=O)c1ccc(C)cc1. The second-order valence-corrected chi connectivity index (χ2v) is 11.5. The van der Waals surface area contributed by atoms with Gasteiger partial charge in [-0.2, -0.15) is 0 Å². The van der Waals surface area contributed by atoms with Gasteiger partial charge in [-0.3, -0.25) is 13.9 Å². The van der Waals surface area contributed by atoms with E-state index >= 15 is 0 Å². The van der Waals surface area contributed by atoms with E-state index in [0.29, 0.717) is 17.9 Å². The molecule has 0 unspecified atom stereocenters. The van der Waals surface area contributed by atoms with Crippen LogP contribution >= 0.6 is 23.2 Å². The smallest absolute Gasteiger partial charge is 0.264 e. The Bertz CT molecular complexity index is 1430. The number of carbonyl (C=O) groups excluding carboxylic acids is 2. The van der Waals surface area contributed by atoms with E-state index in [1.165, 1.54) is 42.3 Å². The van der Waals surface area contributed by atoms with Crippen molar-refractivity contribution in [2.24, 2.45) is 0 Å². The number of carbonyl (C=O) groups is 2. The molecular formula is C28H31Cl2N3O5S. The summed E-state index contributed by atoms with van der Waals surface area (Å²) in [4.78, 5) is 28.0. The fraction of sp³-hybridized carbons (Fsp3) is 0.286. The average Bonchev–Trinajstić information content (AvgIpc) is 2.92. The van der Waals surface area contributed by atoms with Gasteiger partial charge in [-0.15, -0.1) is 0 Å². The minimum atomic E-state index is -4.21. The number of rotatable bonds is 11. The second kappa shape index (κ2) is 13.2. The number of hydrogen-bond acceptors (Lipinski definition) is 5. The molecule has 0 aliphatic carbocycles. The number of nitrogens with one attached hydrogen (secondary N) is 1. The molecule has 3 aromatic carbocycles. The van der Waals surface area contributed by atoms with Gasteiger partial charge in [-0.25, -0.2) is 8.42 Å². The Labute approximate surface area is 239 Å². The second-order valence-electron chi connectivity index (χ2n) is 8.87. The normalized spacial score (nSPS) is 11.9. The molecule has 1 N–H and O–H groups in total. The molecule has 3 aromatic rings. The van der Waals surface area contributed by atoms with Gasteiger partial charge < -0.3 is 15.0 Å². The predicted octanol–water partition coefficient (Wildman–Crippen LogP) is 5.06. The van der Waals surface area contributed by atoms with Gasteiger partial charge in [0.25, 0.3) is 10.0 Å². The van der Waals surface area contributed by atoms with Crippen LogP contribution in [0.1, 0.15) is 25.0 Å². The third-order valence-corrected chi connectivity index (χ3v) is 8.61. The maximum atomic E-state index is 13.9. The molecule has 0 saturated carbocycles. The largest absolute Gasteiger partial charge is 0.497 e. The van der Waals surface area contributed by atoms with Crippen molar-refractivity contribution < 1.29 is 22.7 Å². The van der Waals surface area contributed by atoms with Crippen LogP contribution in [0.25, 0.3) is 0 Å². The number of nitrogens with zero attached hydrogens (tertiary/aromatic N) is 2. The highest BCUT2D eigenvalue weighted by Gasteiger charge is 2.32. The summed E-state index contributed by atoms with van der Waals surface area (Å²) in [6.07, 6.45) is 0. The van der Waals surface area contributed by atoms with Crippen molar-refractivity contribution in [3.8, 4) is 5.75 Å². The summed E-state index contributed by atoms with van der Waals surface area (Å²) < 4.78 is 33.9. The number of amides is 2. The Balaban J connectivity index is 2.06. The summed E-state index contributed by atoms with van der Waals surface area (Å²) in [6, 6.07) is 16.8. The van der Waals surface area contributed by atoms with E-state index in [0.717, 1.165) is 9.87 Å². The highest BCUT2D eigenvalue weighted by Crippen LogP contribution is 2.31. The van der Waals surface area contributed by atoms with E-state index in [1.54, 1.807) is 50.2 Å². The lowest BCUT2D eigenvalue weighted by Crippen LogP contribution is -2.51. The van der Waals surface area contributed by atoms with Crippen LogP contribution in [0.5, 0.6) is 5.75 Å². The molecule has 0 saturated heterocycles. The average molecular weight is 593 g/mol. The Morgan fingerprint density at radius 2 is 1.69 bits per heavy atom. The van der Waals surface area contributed by atoms with Crippen LogP contribution < -0.4 is 14.4 Å². The molecule has 0 bridgehead atoms. The third kappa shape index (κ3) is 7.44. The minimum absolute atomic E-state index is 0.00286. The number of sulfonamides is 1. The van der Waals surface area contributed by atoms with Gasteiger partial charge in [0.15, 0.2) is 0 Å². The maximum Gasteiger partial charge on any atom is 0.264 e. The Kier molecular flexibility index (Phi) is 10.2. The summed E-state index contributed by atoms with van der Waals surface area (Å²) in [5, 5.41) is 3.10. The molecule has 0 aliphatic heterocycles. The standard InChI is InChI=1S/C28H31Cl2N3O5S/c1-5-31-28(35)20(3)32(17-21-7-6-8-23(15-21)38-4)27(34)18-33(22-11-14-25(29)26(30)16-22)39(36,37)24-12-9-19(2)10-13-24/h6-16,20H,5,17-18H2,1-4H3,(H,31,35)/t20-/m1/s1. The van der Waals surface area contributed by atoms with Crippen LogP contribution in [-0.2, 0) is 26.2 Å². The summed E-state index contributed by atoms with van der Waals surface area (Å²) in [5.74, 6) is -0.362. The molecule has 0 heterocycles. The lowest BCUT2D eigenvalue weighted by molar-refractivity contribution is -0.139. The maximum absolute atomic E-state index is 13.9. The first-order valence-electron chi connectivity index (χ1n) is 12.2. The number of likely N-dealkylation sites (N-methyl/N-ethyl adjacent to an activating group) is 1. The first kappa shape index (κ1) is 30.3. The molecule has 3 rings (SSSR count). The molecule has 39 heavy (non-hydrogen) atoms. The zero-order valence-electron chi connectivity index (χ0n) is 22.1. The zero-order valence-corrected chi connectivity index (χ0v) is 24.5. The topological polar surface area (TPSA) is 96.0 Å². The third-order valence-electron chi connectivity index (χ3n) is 6.08. The summed E-state index contributed by atoms with van der Waals surface area (Å²) in [6.45, 7) is 5.06. The Hall–Kier alpha value is -3.27. The van der Waals surface area contributed by atoms with Gasteiger partial charge in [0.1, 0.15) is 18.3 Å². The molecular weight excluding hydrogens is 561 g/mol. The quantitative estimate of drug-likeness (QED) is 0.336. The lowest BCUT2D eigenvalue weighted by Gasteiger charge is -2.32. The molecule has 0 radical (unpaired) electrons. The van der Waals surface area contributed by atoms with E-state index in [2.05, 4.69) is 5.32 Å². The van der Waals surface area contributed by atoms with Gasteiger partial charge >= 0.3 is 0 Å². The number of methoxy groups -OCH3 is 1. The molecule has 1 atom stereocenters. The van der Waals surface area contributed by atoms with Gasteiger partial charge in [0.2, 0.25) is 11.8 Å². The summed E-state index contributed by atoms with van der Waals surface area (Å²) in [5.41, 5.74) is 1.75. The molecule has 0 aromatic heterocycles. The van der Waals surface area contributed by atoms with Crippen molar-refractivity contribution in [3.05, 3.63) is 87.9 Å². The summed E-state index contributed by atoms with van der Waals surface area (Å²) >= 11 is 12.3. The van der Waals surface area contributed by atoms with Gasteiger partial charge in [-0.1, -0.05) is 53.0 Å². The monoisotopic (exact) mass is 591 g/mol. The van der Waals surface area contributed by atoms with E-state index in [-0.39, 0.29) is 33.1 Å². The molecule has 11 heteroatoms. The molecule has 2 amide bonds. The van der Waals surface area contributed by atoms with Crippen molar-refractivity contribution in [3.63, 3.8) is 0 Å². The zero-order chi connectivity index (χ0) is 28.7. The fourth-order valence-electron chi connectivity index (χ4n) is 3.88. The van der Waals surface area contributed by atoms with Gasteiger partial charge in [0.05, 0.1) is 27.7 Å². The number of benzene rings is 3. The van der Waals surface area contributed by atoms with Crippen molar-refractivity contribution in [2.45, 2.75) is 38.3 Å². The van der Waals surface area contributed by atoms with Crippen molar-refractivity contribution in [1.82, 2.24) is 10.2 Å². The van der Waals surface area contributed by atoms with Crippen LogP contribution in [0, 0.1) is 6.92 Å². The van der Waals surface area contributed by atoms with Gasteiger partial charge in [0, 0.05) is 13.1 Å². The molecule has 0 spiro atoms. The summed E-state index contributed by atoms with van der Waals surface area (Å²) in [7, 11) is -2.67. The Morgan fingerprint density at radius 3 is 2.31 bits per heavy atom. The molecule has 8 nitrogen and oxygen atoms in total. The van der Waals surface area contributed by atoms with Crippen LogP contribution in [0.2, 0.25) is 10.0 Å². The number of aryl methyl sites for hydroxylation is 1. The number of ether oxygens (including phenoxy) is 1. The van der Waals surface area contributed by atoms with E-state index in [1.807, 2.05) is 6.92 Å². The van der Waals surface area contributed by atoms with Gasteiger partial charge in [-0.05, 0) is 68.8 Å². The Morgan fingerprint density at radius 1 is 1.00 bits per heavy atom. The van der Waals surface area contributed by atoms with Crippen LogP contribution in [0.3, 0.4) is 0 Å². The number of anilines is 1. The highest BCUT2D eigenvalue weighted by atomic mass is 35.5. The van der Waals surface area contributed by atoms with Crippen molar-refractivity contribution in [2.75, 3.05) is 24.5 Å². The van der Waals surface area contributed by atoms with Crippen molar-refractivity contribution >= 4 is 50.7 Å². The fourth-order valence-corrected chi connectivity index (χ4v) is 5.58. The molecule has 0 fully saturated rings. The first-order valence-corrected chi connectivity index (χ1v) is 14.4. The highest BCUT2D eigenvalue weighted by molar-refractivity contribution is 7.92.